The van der Waals surface area contributed by atoms with Gasteiger partial charge in [-0.05, 0) is 43.6 Å². The lowest BCUT2D eigenvalue weighted by Crippen LogP contribution is -2.20. The highest BCUT2D eigenvalue weighted by atomic mass is 35.5. The molecule has 0 saturated carbocycles. The quantitative estimate of drug-likeness (QED) is 0.560. The summed E-state index contributed by atoms with van der Waals surface area (Å²) in [5.41, 5.74) is 0.408. The highest BCUT2D eigenvalue weighted by molar-refractivity contribution is 6.19. The molecule has 4 nitrogen and oxygen atoms in total. The van der Waals surface area contributed by atoms with Gasteiger partial charge in [0.2, 0.25) is 0 Å². The molecule has 18 heavy (non-hydrogen) atoms. The Hall–Kier alpha value is -0.970. The summed E-state index contributed by atoms with van der Waals surface area (Å²) in [6.07, 6.45) is 1.44. The molecule has 0 radical (unpaired) electrons. The topological polar surface area (TPSA) is 50.7 Å². The summed E-state index contributed by atoms with van der Waals surface area (Å²) < 4.78 is 10.4. The van der Waals surface area contributed by atoms with E-state index in [1.807, 2.05) is 18.2 Å². The number of hydrogen-bond acceptors (Lipinski definition) is 4. The van der Waals surface area contributed by atoms with Crippen molar-refractivity contribution in [1.29, 1.82) is 0 Å². The molecular formula is C13H20ClNO3. The molecule has 0 amide bonds. The molecule has 2 N–H and O–H groups in total. The summed E-state index contributed by atoms with van der Waals surface area (Å²) in [6, 6.07) is 5.88. The third-order valence-corrected chi connectivity index (χ3v) is 2.82. The molecule has 1 rings (SSSR count). The Kier molecular flexibility index (Phi) is 6.86. The van der Waals surface area contributed by atoms with Crippen LogP contribution in [0.2, 0.25) is 0 Å². The number of hydrogen-bond donors (Lipinski definition) is 2. The zero-order chi connectivity index (χ0) is 13.4. The number of halogens is 1. The van der Waals surface area contributed by atoms with E-state index < -0.39 is 5.56 Å². The van der Waals surface area contributed by atoms with Gasteiger partial charge >= 0.3 is 0 Å². The van der Waals surface area contributed by atoms with Crippen molar-refractivity contribution in [3.63, 3.8) is 0 Å². The first-order chi connectivity index (χ1) is 8.67. The van der Waals surface area contributed by atoms with Gasteiger partial charge in [0.15, 0.2) is 11.5 Å². The SMILES string of the molecule is COc1ccc(CCNCCC(O)Cl)cc1OC. The lowest BCUT2D eigenvalue weighted by molar-refractivity contribution is 0.244. The van der Waals surface area contributed by atoms with E-state index in [2.05, 4.69) is 5.32 Å². The summed E-state index contributed by atoms with van der Waals surface area (Å²) in [7, 11) is 3.25. The highest BCUT2D eigenvalue weighted by Crippen LogP contribution is 2.27. The zero-order valence-electron chi connectivity index (χ0n) is 10.8. The predicted molar refractivity (Wildman–Crippen MR) is 72.6 cm³/mol. The molecule has 0 aliphatic carbocycles. The van der Waals surface area contributed by atoms with E-state index in [0.29, 0.717) is 13.0 Å². The van der Waals surface area contributed by atoms with Crippen LogP contribution in [0.4, 0.5) is 0 Å². The molecule has 0 aliphatic rings. The van der Waals surface area contributed by atoms with E-state index in [9.17, 15) is 0 Å². The van der Waals surface area contributed by atoms with Crippen LogP contribution in [0.5, 0.6) is 11.5 Å². The van der Waals surface area contributed by atoms with E-state index in [0.717, 1.165) is 24.5 Å². The van der Waals surface area contributed by atoms with Gasteiger partial charge in [0.05, 0.1) is 14.2 Å². The second-order valence-corrected chi connectivity index (χ2v) is 4.42. The van der Waals surface area contributed by atoms with E-state index in [4.69, 9.17) is 26.2 Å². The minimum atomic E-state index is -0.765. The van der Waals surface area contributed by atoms with Crippen LogP contribution in [0.15, 0.2) is 18.2 Å². The standard InChI is InChI=1S/C13H20ClNO3/c1-17-11-4-3-10(9-12(11)18-2)5-7-15-8-6-13(14)16/h3-4,9,13,15-16H,5-8H2,1-2H3. The molecule has 0 heterocycles. The molecule has 1 aromatic rings. The molecule has 0 bridgehead atoms. The van der Waals surface area contributed by atoms with Gasteiger partial charge in [-0.15, -0.1) is 0 Å². The van der Waals surface area contributed by atoms with Gasteiger partial charge in [-0.25, -0.2) is 0 Å². The Morgan fingerprint density at radius 1 is 1.22 bits per heavy atom. The van der Waals surface area contributed by atoms with E-state index in [1.165, 1.54) is 5.56 Å². The van der Waals surface area contributed by atoms with Gasteiger partial charge in [-0.2, -0.15) is 0 Å². The maximum Gasteiger partial charge on any atom is 0.160 e. The number of aliphatic hydroxyl groups is 1. The predicted octanol–water partition coefficient (Wildman–Crippen LogP) is 1.78. The number of aliphatic hydroxyl groups excluding tert-OH is 1. The Bertz CT molecular complexity index is 358. The molecule has 1 unspecified atom stereocenters. The molecule has 0 saturated heterocycles. The lowest BCUT2D eigenvalue weighted by atomic mass is 10.1. The normalized spacial score (nSPS) is 12.2. The van der Waals surface area contributed by atoms with Gasteiger partial charge in [0, 0.05) is 0 Å². The Balaban J connectivity index is 2.38. The molecule has 0 spiro atoms. The molecule has 0 fully saturated rings. The van der Waals surface area contributed by atoms with Crippen LogP contribution in [0.25, 0.3) is 0 Å². The van der Waals surface area contributed by atoms with Crippen LogP contribution in [-0.2, 0) is 6.42 Å². The van der Waals surface area contributed by atoms with Gasteiger partial charge in [-0.3, -0.25) is 0 Å². The van der Waals surface area contributed by atoms with Gasteiger partial charge in [0.25, 0.3) is 0 Å². The van der Waals surface area contributed by atoms with Crippen molar-refractivity contribution in [3.8, 4) is 11.5 Å². The fraction of sp³-hybridized carbons (Fsp3) is 0.538. The maximum atomic E-state index is 8.89. The second-order valence-electron chi connectivity index (χ2n) is 3.91. The zero-order valence-corrected chi connectivity index (χ0v) is 11.5. The van der Waals surface area contributed by atoms with Crippen molar-refractivity contribution in [1.82, 2.24) is 5.32 Å². The fourth-order valence-corrected chi connectivity index (χ4v) is 1.72. The molecule has 5 heteroatoms. The largest absolute Gasteiger partial charge is 0.493 e. The summed E-state index contributed by atoms with van der Waals surface area (Å²) >= 11 is 5.43. The summed E-state index contributed by atoms with van der Waals surface area (Å²) in [5.74, 6) is 1.48. The fourth-order valence-electron chi connectivity index (χ4n) is 1.62. The first-order valence-electron chi connectivity index (χ1n) is 5.91. The molecule has 0 aliphatic heterocycles. The Morgan fingerprint density at radius 2 is 1.94 bits per heavy atom. The van der Waals surface area contributed by atoms with Crippen molar-refractivity contribution < 1.29 is 14.6 Å². The maximum absolute atomic E-state index is 8.89. The smallest absolute Gasteiger partial charge is 0.160 e. The summed E-state index contributed by atoms with van der Waals surface area (Å²) in [6.45, 7) is 1.54. The average Bonchev–Trinajstić information content (AvgIpc) is 2.37. The minimum absolute atomic E-state index is 0.549. The number of methoxy groups -OCH3 is 2. The van der Waals surface area contributed by atoms with Gasteiger partial charge < -0.3 is 19.9 Å². The average molecular weight is 274 g/mol. The van der Waals surface area contributed by atoms with Crippen LogP contribution < -0.4 is 14.8 Å². The van der Waals surface area contributed by atoms with Crippen LogP contribution >= 0.6 is 11.6 Å². The van der Waals surface area contributed by atoms with Gasteiger partial charge in [0.1, 0.15) is 5.56 Å². The van der Waals surface area contributed by atoms with E-state index >= 15 is 0 Å². The van der Waals surface area contributed by atoms with E-state index in [1.54, 1.807) is 14.2 Å². The van der Waals surface area contributed by atoms with Crippen molar-refractivity contribution in [2.24, 2.45) is 0 Å². The highest BCUT2D eigenvalue weighted by Gasteiger charge is 2.04. The van der Waals surface area contributed by atoms with Crippen LogP contribution in [0, 0.1) is 0 Å². The van der Waals surface area contributed by atoms with Crippen molar-refractivity contribution >= 4 is 11.6 Å². The number of ether oxygens (including phenoxy) is 2. The number of rotatable bonds is 8. The first kappa shape index (κ1) is 15.1. The third kappa shape index (κ3) is 5.12. The molecule has 0 aromatic heterocycles. The number of nitrogens with one attached hydrogen (secondary N) is 1. The van der Waals surface area contributed by atoms with Crippen molar-refractivity contribution in [2.45, 2.75) is 18.4 Å². The number of benzene rings is 1. The minimum Gasteiger partial charge on any atom is -0.493 e. The summed E-state index contributed by atoms with van der Waals surface area (Å²) in [4.78, 5) is 0. The first-order valence-corrected chi connectivity index (χ1v) is 6.34. The Morgan fingerprint density at radius 3 is 2.56 bits per heavy atom. The molecule has 1 atom stereocenters. The van der Waals surface area contributed by atoms with Crippen LogP contribution in [0.1, 0.15) is 12.0 Å². The van der Waals surface area contributed by atoms with Gasteiger partial charge in [-0.1, -0.05) is 17.7 Å². The second kappa shape index (κ2) is 8.19. The van der Waals surface area contributed by atoms with E-state index in [-0.39, 0.29) is 0 Å². The number of alkyl halides is 1. The summed E-state index contributed by atoms with van der Waals surface area (Å²) in [5, 5.41) is 12.1. The molecular weight excluding hydrogens is 254 g/mol. The third-order valence-electron chi connectivity index (χ3n) is 2.60. The molecule has 102 valence electrons. The van der Waals surface area contributed by atoms with Crippen LogP contribution in [0.3, 0.4) is 0 Å². The van der Waals surface area contributed by atoms with Crippen molar-refractivity contribution in [3.05, 3.63) is 23.8 Å². The van der Waals surface area contributed by atoms with Crippen LogP contribution in [-0.4, -0.2) is 38.0 Å². The Labute approximate surface area is 113 Å². The van der Waals surface area contributed by atoms with Crippen molar-refractivity contribution in [2.75, 3.05) is 27.3 Å². The monoisotopic (exact) mass is 273 g/mol. The molecule has 1 aromatic carbocycles. The lowest BCUT2D eigenvalue weighted by Gasteiger charge is -2.10.